The Balaban J connectivity index is 1.64. The Bertz CT molecular complexity index is 1030. The van der Waals surface area contributed by atoms with Gasteiger partial charge in [-0.1, -0.05) is 69.3 Å². The van der Waals surface area contributed by atoms with Crippen molar-refractivity contribution >= 4 is 5.97 Å². The Labute approximate surface area is 184 Å². The van der Waals surface area contributed by atoms with Crippen molar-refractivity contribution in [3.05, 3.63) is 94.5 Å². The number of esters is 1. The van der Waals surface area contributed by atoms with Gasteiger partial charge in [0.25, 0.3) is 0 Å². The van der Waals surface area contributed by atoms with E-state index in [1.807, 2.05) is 49.4 Å². The topological polar surface area (TPSA) is 44.8 Å². The molecular weight excluding hydrogens is 388 g/mol. The number of hydrogen-bond donors (Lipinski definition) is 0. The Morgan fingerprint density at radius 3 is 2.06 bits per heavy atom. The summed E-state index contributed by atoms with van der Waals surface area (Å²) in [7, 11) is 1.39. The molecule has 0 bridgehead atoms. The summed E-state index contributed by atoms with van der Waals surface area (Å²) in [6.45, 7) is 9.25. The van der Waals surface area contributed by atoms with E-state index < -0.39 is 0 Å². The Kier molecular flexibility index (Phi) is 7.01. The first kappa shape index (κ1) is 22.4. The summed E-state index contributed by atoms with van der Waals surface area (Å²) in [5.74, 6) is 1.05. The predicted molar refractivity (Wildman–Crippen MR) is 123 cm³/mol. The molecule has 3 rings (SSSR count). The lowest BCUT2D eigenvalue weighted by Gasteiger charge is -2.19. The van der Waals surface area contributed by atoms with Gasteiger partial charge in [-0.15, -0.1) is 0 Å². The van der Waals surface area contributed by atoms with E-state index in [1.54, 1.807) is 0 Å². The summed E-state index contributed by atoms with van der Waals surface area (Å²) in [4.78, 5) is 12.1. The molecule has 0 heterocycles. The van der Waals surface area contributed by atoms with Crippen LogP contribution in [-0.2, 0) is 23.4 Å². The van der Waals surface area contributed by atoms with E-state index in [4.69, 9.17) is 14.2 Å². The zero-order valence-corrected chi connectivity index (χ0v) is 18.9. The fourth-order valence-electron chi connectivity index (χ4n) is 3.33. The van der Waals surface area contributed by atoms with E-state index in [2.05, 4.69) is 45.0 Å². The van der Waals surface area contributed by atoms with Crippen LogP contribution in [0.3, 0.4) is 0 Å². The highest BCUT2D eigenvalue weighted by Crippen LogP contribution is 2.25. The fraction of sp³-hybridized carbons (Fsp3) is 0.296. The van der Waals surface area contributed by atoms with Crippen molar-refractivity contribution in [3.8, 4) is 11.5 Å². The van der Waals surface area contributed by atoms with E-state index in [1.165, 1.54) is 12.7 Å². The normalized spacial score (nSPS) is 11.1. The first-order chi connectivity index (χ1) is 14.8. The summed E-state index contributed by atoms with van der Waals surface area (Å²) in [6.07, 6.45) is 0. The molecule has 0 amide bonds. The highest BCUT2D eigenvalue weighted by Gasteiger charge is 2.15. The van der Waals surface area contributed by atoms with E-state index in [9.17, 15) is 4.79 Å². The van der Waals surface area contributed by atoms with Gasteiger partial charge in [-0.05, 0) is 41.2 Å². The summed E-state index contributed by atoms with van der Waals surface area (Å²) in [6, 6.07) is 21.7. The molecule has 3 aromatic carbocycles. The summed E-state index contributed by atoms with van der Waals surface area (Å²) < 4.78 is 16.8. The minimum Gasteiger partial charge on any atom is -0.489 e. The molecule has 3 aromatic rings. The second-order valence-electron chi connectivity index (χ2n) is 8.60. The molecule has 0 aliphatic carbocycles. The van der Waals surface area contributed by atoms with Crippen LogP contribution in [0, 0.1) is 6.92 Å². The second kappa shape index (κ2) is 9.69. The zero-order chi connectivity index (χ0) is 22.4. The lowest BCUT2D eigenvalue weighted by atomic mass is 9.87. The largest absolute Gasteiger partial charge is 0.489 e. The quantitative estimate of drug-likeness (QED) is 0.426. The molecule has 0 aliphatic rings. The third-order valence-electron chi connectivity index (χ3n) is 5.17. The van der Waals surface area contributed by atoms with E-state index >= 15 is 0 Å². The Morgan fingerprint density at radius 1 is 0.839 bits per heavy atom. The van der Waals surface area contributed by atoms with Crippen molar-refractivity contribution in [3.63, 3.8) is 0 Å². The minimum atomic E-state index is -0.355. The fourth-order valence-corrected chi connectivity index (χ4v) is 3.33. The number of carbonyl (C=O) groups is 1. The lowest BCUT2D eigenvalue weighted by Crippen LogP contribution is -2.10. The van der Waals surface area contributed by atoms with Crippen molar-refractivity contribution in [2.24, 2.45) is 0 Å². The van der Waals surface area contributed by atoms with Crippen molar-refractivity contribution in [2.45, 2.75) is 46.3 Å². The van der Waals surface area contributed by atoms with Gasteiger partial charge in [-0.25, -0.2) is 4.79 Å². The van der Waals surface area contributed by atoms with Crippen LogP contribution in [0.25, 0.3) is 0 Å². The van der Waals surface area contributed by atoms with Gasteiger partial charge in [-0.3, -0.25) is 0 Å². The van der Waals surface area contributed by atoms with Gasteiger partial charge in [0, 0.05) is 11.6 Å². The van der Waals surface area contributed by atoms with Crippen molar-refractivity contribution < 1.29 is 19.0 Å². The van der Waals surface area contributed by atoms with Crippen LogP contribution < -0.4 is 9.47 Å². The smallest absolute Gasteiger partial charge is 0.338 e. The highest BCUT2D eigenvalue weighted by molar-refractivity contribution is 5.92. The van der Waals surface area contributed by atoms with Gasteiger partial charge in [-0.2, -0.15) is 0 Å². The molecule has 0 radical (unpaired) electrons. The van der Waals surface area contributed by atoms with Crippen molar-refractivity contribution in [1.82, 2.24) is 0 Å². The summed E-state index contributed by atoms with van der Waals surface area (Å²) >= 11 is 0. The molecule has 0 unspecified atom stereocenters. The number of rotatable bonds is 7. The van der Waals surface area contributed by atoms with E-state index in [0.717, 1.165) is 22.4 Å². The third kappa shape index (κ3) is 5.88. The van der Waals surface area contributed by atoms with Crippen LogP contribution in [0.15, 0.2) is 66.7 Å². The van der Waals surface area contributed by atoms with Crippen LogP contribution >= 0.6 is 0 Å². The average molecular weight is 419 g/mol. The molecule has 4 nitrogen and oxygen atoms in total. The first-order valence-electron chi connectivity index (χ1n) is 10.4. The molecule has 4 heteroatoms. The molecule has 0 saturated heterocycles. The number of carbonyl (C=O) groups excluding carboxylic acids is 1. The SMILES string of the molecule is COC(=O)c1c(C)cccc1COc1cccc(OCc2ccc(C(C)(C)C)cc2)c1. The summed E-state index contributed by atoms with van der Waals surface area (Å²) in [5, 5.41) is 0. The molecule has 31 heavy (non-hydrogen) atoms. The number of methoxy groups -OCH3 is 1. The maximum Gasteiger partial charge on any atom is 0.338 e. The molecular formula is C27H30O4. The van der Waals surface area contributed by atoms with Crippen LogP contribution in [0.2, 0.25) is 0 Å². The molecule has 0 N–H and O–H groups in total. The molecule has 0 aromatic heterocycles. The van der Waals surface area contributed by atoms with Crippen LogP contribution in [0.5, 0.6) is 11.5 Å². The molecule has 0 fully saturated rings. The zero-order valence-electron chi connectivity index (χ0n) is 18.9. The van der Waals surface area contributed by atoms with Crippen LogP contribution in [0.1, 0.15) is 53.4 Å². The summed E-state index contributed by atoms with van der Waals surface area (Å²) in [5.41, 5.74) is 4.75. The molecule has 0 saturated carbocycles. The maximum absolute atomic E-state index is 12.1. The molecule has 162 valence electrons. The molecule has 0 aliphatic heterocycles. The van der Waals surface area contributed by atoms with Gasteiger partial charge in [0.15, 0.2) is 0 Å². The number of ether oxygens (including phenoxy) is 3. The van der Waals surface area contributed by atoms with E-state index in [-0.39, 0.29) is 18.0 Å². The van der Waals surface area contributed by atoms with Gasteiger partial charge in [0.05, 0.1) is 12.7 Å². The molecule has 0 atom stereocenters. The van der Waals surface area contributed by atoms with Crippen molar-refractivity contribution in [1.29, 1.82) is 0 Å². The minimum absolute atomic E-state index is 0.135. The number of aryl methyl sites for hydroxylation is 1. The molecule has 0 spiro atoms. The lowest BCUT2D eigenvalue weighted by molar-refractivity contribution is 0.0597. The highest BCUT2D eigenvalue weighted by atomic mass is 16.5. The monoisotopic (exact) mass is 418 g/mol. The van der Waals surface area contributed by atoms with Crippen molar-refractivity contribution in [2.75, 3.05) is 7.11 Å². The average Bonchev–Trinajstić information content (AvgIpc) is 2.76. The van der Waals surface area contributed by atoms with Gasteiger partial charge >= 0.3 is 5.97 Å². The van der Waals surface area contributed by atoms with Gasteiger partial charge in [0.1, 0.15) is 24.7 Å². The number of hydrogen-bond acceptors (Lipinski definition) is 4. The van der Waals surface area contributed by atoms with Gasteiger partial charge in [0.2, 0.25) is 0 Å². The number of benzene rings is 3. The third-order valence-corrected chi connectivity index (χ3v) is 5.17. The maximum atomic E-state index is 12.1. The predicted octanol–water partition coefficient (Wildman–Crippen LogP) is 6.24. The second-order valence-corrected chi connectivity index (χ2v) is 8.60. The van der Waals surface area contributed by atoms with Crippen LogP contribution in [-0.4, -0.2) is 13.1 Å². The van der Waals surface area contributed by atoms with Crippen LogP contribution in [0.4, 0.5) is 0 Å². The standard InChI is InChI=1S/C27H30O4/c1-19-8-6-9-21(25(19)26(28)29-5)18-31-24-11-7-10-23(16-24)30-17-20-12-14-22(15-13-20)27(2,3)4/h6-16H,17-18H2,1-5H3. The Morgan fingerprint density at radius 2 is 1.45 bits per heavy atom. The van der Waals surface area contributed by atoms with Gasteiger partial charge < -0.3 is 14.2 Å². The Hall–Kier alpha value is -3.27. The van der Waals surface area contributed by atoms with E-state index in [0.29, 0.717) is 17.9 Å². The first-order valence-corrected chi connectivity index (χ1v) is 10.4.